The molecule has 0 saturated carbocycles. The summed E-state index contributed by atoms with van der Waals surface area (Å²) < 4.78 is 52.2. The summed E-state index contributed by atoms with van der Waals surface area (Å²) in [6, 6.07) is 16.1. The maximum Gasteiger partial charge on any atom is 0.357 e. The van der Waals surface area contributed by atoms with E-state index in [0.29, 0.717) is 11.1 Å². The molecule has 0 spiro atoms. The summed E-state index contributed by atoms with van der Waals surface area (Å²) in [4.78, 5) is 30.7. The minimum Gasteiger partial charge on any atom is -0.336 e. The smallest absolute Gasteiger partial charge is 0.336 e. The van der Waals surface area contributed by atoms with Crippen molar-refractivity contribution in [2.75, 3.05) is 39.5 Å². The Bertz CT molecular complexity index is 1180. The Morgan fingerprint density at radius 3 is 1.11 bits per heavy atom. The average Bonchev–Trinajstić information content (AvgIpc) is 2.99. The van der Waals surface area contributed by atoms with E-state index in [9.17, 15) is 18.7 Å². The quantitative estimate of drug-likeness (QED) is 0.144. The van der Waals surface area contributed by atoms with E-state index < -0.39 is 38.8 Å². The molecule has 14 heteroatoms. The van der Waals surface area contributed by atoms with E-state index >= 15 is 0 Å². The molecule has 4 amide bonds. The number of hydrogen-bond acceptors (Lipinski definition) is 8. The van der Waals surface area contributed by atoms with Gasteiger partial charge in [-0.15, -0.1) is 0 Å². The number of hydrogen-bond donors (Lipinski definition) is 2. The number of amides is 4. The number of benzene rings is 2. The normalized spacial score (nSPS) is 13.3. The van der Waals surface area contributed by atoms with Crippen LogP contribution < -0.4 is 10.6 Å². The standard InChI is InChI=1S/C32H52N4O8P2/c1-9-41-45(39,42-10-2)29(27-19-15-13-16-20-27)35(31(37)33-25(5)6)23-24-36(32(38)34-26(7)8)30(28-21-17-14-18-22-28)46(40,43-11-3)44-12-4/h13-22,25-26,29-30H,9-12,23-24H2,1-8H3,(H,33,37)(H,34,38). The monoisotopic (exact) mass is 682 g/mol. The van der Waals surface area contributed by atoms with Crippen LogP contribution in [0.2, 0.25) is 0 Å². The fourth-order valence-corrected chi connectivity index (χ4v) is 9.29. The summed E-state index contributed by atoms with van der Waals surface area (Å²) in [6.07, 6.45) is 0. The molecule has 46 heavy (non-hydrogen) atoms. The maximum absolute atomic E-state index is 14.5. The number of nitrogens with zero attached hydrogens (tertiary/aromatic N) is 2. The zero-order valence-electron chi connectivity index (χ0n) is 28.4. The van der Waals surface area contributed by atoms with Crippen molar-refractivity contribution in [2.45, 2.75) is 79.0 Å². The highest BCUT2D eigenvalue weighted by Gasteiger charge is 2.46. The lowest BCUT2D eigenvalue weighted by Crippen LogP contribution is -2.51. The minimum absolute atomic E-state index is 0.0746. The topological polar surface area (TPSA) is 136 Å². The van der Waals surface area contributed by atoms with Gasteiger partial charge in [0, 0.05) is 25.2 Å². The van der Waals surface area contributed by atoms with Crippen molar-refractivity contribution < 1.29 is 36.8 Å². The first-order valence-corrected chi connectivity index (χ1v) is 19.1. The van der Waals surface area contributed by atoms with Gasteiger partial charge in [-0.1, -0.05) is 60.7 Å². The lowest BCUT2D eigenvalue weighted by Gasteiger charge is -2.40. The Kier molecular flexibility index (Phi) is 16.5. The van der Waals surface area contributed by atoms with Crippen molar-refractivity contribution in [3.8, 4) is 0 Å². The van der Waals surface area contributed by atoms with E-state index in [2.05, 4.69) is 10.6 Å². The SMILES string of the molecule is CCOP(=O)(OCC)C(c1ccccc1)N(CCN(C(=O)NC(C)C)C(c1ccccc1)P(=O)(OCC)OCC)C(=O)NC(C)C. The molecule has 2 aromatic carbocycles. The van der Waals surface area contributed by atoms with Gasteiger partial charge in [0.2, 0.25) is 0 Å². The van der Waals surface area contributed by atoms with E-state index in [4.69, 9.17) is 18.1 Å². The average molecular weight is 683 g/mol. The van der Waals surface area contributed by atoms with Crippen LogP contribution in [0.1, 0.15) is 78.1 Å². The van der Waals surface area contributed by atoms with Gasteiger partial charge in [0.05, 0.1) is 26.4 Å². The lowest BCUT2D eigenvalue weighted by atomic mass is 10.2. The molecule has 0 aromatic heterocycles. The number of rotatable bonds is 19. The minimum atomic E-state index is -4.00. The van der Waals surface area contributed by atoms with Crippen molar-refractivity contribution in [3.05, 3.63) is 71.8 Å². The summed E-state index contributed by atoms with van der Waals surface area (Å²) in [6.45, 7) is 14.1. The van der Waals surface area contributed by atoms with E-state index in [0.717, 1.165) is 0 Å². The summed E-state index contributed by atoms with van der Waals surface area (Å²) in [5, 5.41) is 5.80. The molecule has 0 radical (unpaired) electrons. The van der Waals surface area contributed by atoms with Crippen molar-refractivity contribution in [1.29, 1.82) is 0 Å². The molecule has 2 unspecified atom stereocenters. The highest BCUT2D eigenvalue weighted by atomic mass is 31.2. The second-order valence-corrected chi connectivity index (χ2v) is 15.1. The van der Waals surface area contributed by atoms with Gasteiger partial charge in [-0.05, 0) is 66.5 Å². The Morgan fingerprint density at radius 1 is 0.587 bits per heavy atom. The van der Waals surface area contributed by atoms with Crippen molar-refractivity contribution >= 4 is 27.3 Å². The molecule has 2 atom stereocenters. The zero-order chi connectivity index (χ0) is 34.3. The van der Waals surface area contributed by atoms with Gasteiger partial charge in [-0.3, -0.25) is 9.13 Å². The largest absolute Gasteiger partial charge is 0.357 e. The van der Waals surface area contributed by atoms with E-state index in [1.807, 2.05) is 39.8 Å². The second-order valence-electron chi connectivity index (χ2n) is 10.9. The highest BCUT2D eigenvalue weighted by Crippen LogP contribution is 2.64. The van der Waals surface area contributed by atoms with Crippen LogP contribution in [0.4, 0.5) is 9.59 Å². The summed E-state index contributed by atoms with van der Waals surface area (Å²) in [5.41, 5.74) is 1.05. The predicted octanol–water partition coefficient (Wildman–Crippen LogP) is 7.76. The molecule has 0 aliphatic rings. The van der Waals surface area contributed by atoms with Gasteiger partial charge < -0.3 is 38.5 Å². The first kappa shape index (κ1) is 39.5. The third-order valence-electron chi connectivity index (χ3n) is 6.55. The van der Waals surface area contributed by atoms with Gasteiger partial charge in [0.15, 0.2) is 11.6 Å². The van der Waals surface area contributed by atoms with Crippen molar-refractivity contribution in [3.63, 3.8) is 0 Å². The Labute approximate surface area is 274 Å². The third-order valence-corrected chi connectivity index (χ3v) is 11.4. The highest BCUT2D eigenvalue weighted by molar-refractivity contribution is 7.54. The molecular formula is C32H52N4O8P2. The molecule has 2 rings (SSSR count). The van der Waals surface area contributed by atoms with Crippen LogP contribution in [0.25, 0.3) is 0 Å². The van der Waals surface area contributed by atoms with Gasteiger partial charge in [0.1, 0.15) is 0 Å². The molecule has 0 saturated heterocycles. The van der Waals surface area contributed by atoms with Crippen molar-refractivity contribution in [2.24, 2.45) is 0 Å². The molecule has 2 N–H and O–H groups in total. The van der Waals surface area contributed by atoms with Crippen LogP contribution in [-0.2, 0) is 27.2 Å². The van der Waals surface area contributed by atoms with Gasteiger partial charge >= 0.3 is 27.3 Å². The third kappa shape index (κ3) is 10.9. The molecule has 12 nitrogen and oxygen atoms in total. The fourth-order valence-electron chi connectivity index (χ4n) is 4.94. The van der Waals surface area contributed by atoms with Gasteiger partial charge in [0.25, 0.3) is 0 Å². The molecular weight excluding hydrogens is 630 g/mol. The maximum atomic E-state index is 14.5. The molecule has 0 fully saturated rings. The van der Waals surface area contributed by atoms with Gasteiger partial charge in [-0.2, -0.15) is 0 Å². The Hall–Kier alpha value is -2.72. The van der Waals surface area contributed by atoms with E-state index in [1.165, 1.54) is 9.80 Å². The fraction of sp³-hybridized carbons (Fsp3) is 0.562. The zero-order valence-corrected chi connectivity index (χ0v) is 30.2. The van der Waals surface area contributed by atoms with Crippen LogP contribution in [0.3, 0.4) is 0 Å². The first-order chi connectivity index (χ1) is 21.9. The molecule has 2 aromatic rings. The first-order valence-electron chi connectivity index (χ1n) is 15.9. The van der Waals surface area contributed by atoms with Crippen LogP contribution >= 0.6 is 15.2 Å². The second kappa shape index (κ2) is 19.2. The molecule has 0 aliphatic heterocycles. The molecule has 0 heterocycles. The van der Waals surface area contributed by atoms with E-state index in [-0.39, 0.29) is 51.6 Å². The number of carbonyl (C=O) groups excluding carboxylic acids is 2. The van der Waals surface area contributed by atoms with Gasteiger partial charge in [-0.25, -0.2) is 9.59 Å². The van der Waals surface area contributed by atoms with Crippen molar-refractivity contribution in [1.82, 2.24) is 20.4 Å². The Balaban J connectivity index is 2.80. The van der Waals surface area contributed by atoms with E-state index in [1.54, 1.807) is 76.2 Å². The van der Waals surface area contributed by atoms with Crippen LogP contribution in [0.5, 0.6) is 0 Å². The summed E-state index contributed by atoms with van der Waals surface area (Å²) in [5.74, 6) is -2.33. The Morgan fingerprint density at radius 2 is 0.870 bits per heavy atom. The van der Waals surface area contributed by atoms with Crippen LogP contribution in [0, 0.1) is 0 Å². The summed E-state index contributed by atoms with van der Waals surface area (Å²) in [7, 11) is -8.01. The van der Waals surface area contributed by atoms with Crippen LogP contribution in [0.15, 0.2) is 60.7 Å². The predicted molar refractivity (Wildman–Crippen MR) is 181 cm³/mol. The van der Waals surface area contributed by atoms with Crippen LogP contribution in [-0.4, -0.2) is 73.5 Å². The number of nitrogens with one attached hydrogen (secondary N) is 2. The molecule has 0 aliphatic carbocycles. The molecule has 258 valence electrons. The number of urea groups is 2. The molecule has 0 bridgehead atoms. The summed E-state index contributed by atoms with van der Waals surface area (Å²) >= 11 is 0. The lowest BCUT2D eigenvalue weighted by molar-refractivity contribution is 0.135. The number of carbonyl (C=O) groups is 2.